The first-order valence-electron chi connectivity index (χ1n) is 10.3. The van der Waals surface area contributed by atoms with Gasteiger partial charge in [-0.3, -0.25) is 9.59 Å². The number of rotatable bonds is 2. The van der Waals surface area contributed by atoms with Crippen molar-refractivity contribution in [3.05, 3.63) is 107 Å². The van der Waals surface area contributed by atoms with Gasteiger partial charge in [-0.2, -0.15) is 0 Å². The molecule has 0 radical (unpaired) electrons. The predicted octanol–water partition coefficient (Wildman–Crippen LogP) is 4.78. The maximum atomic E-state index is 13.2. The minimum atomic E-state index is -0.156. The molecule has 0 spiro atoms. The number of hydrogen-bond acceptors (Lipinski definition) is 3. The highest BCUT2D eigenvalue weighted by molar-refractivity contribution is 6.29. The van der Waals surface area contributed by atoms with Crippen LogP contribution in [0.2, 0.25) is 0 Å². The van der Waals surface area contributed by atoms with Gasteiger partial charge in [0.15, 0.2) is 11.6 Å². The molecule has 3 aromatic carbocycles. The smallest absolute Gasteiger partial charge is 0.320 e. The summed E-state index contributed by atoms with van der Waals surface area (Å²) in [6, 6.07) is 21.6. The number of carbonyl (C=O) groups is 3. The van der Waals surface area contributed by atoms with Gasteiger partial charge < -0.3 is 10.2 Å². The largest absolute Gasteiger partial charge is 0.322 e. The molecule has 152 valence electrons. The highest BCUT2D eigenvalue weighted by Crippen LogP contribution is 2.34. The maximum Gasteiger partial charge on any atom is 0.322 e. The van der Waals surface area contributed by atoms with Crippen molar-refractivity contribution in [2.24, 2.45) is 0 Å². The first-order chi connectivity index (χ1) is 15.1. The zero-order valence-corrected chi connectivity index (χ0v) is 16.8. The summed E-state index contributed by atoms with van der Waals surface area (Å²) in [6.07, 6.45) is 2.59. The van der Waals surface area contributed by atoms with Crippen molar-refractivity contribution in [3.8, 4) is 0 Å². The SMILES string of the molecule is O=C1c2ccccc2C(=O)c2c1cccc2C1=CCN(C(=O)Nc2ccccc2)CC1. The fraction of sp³-hybridized carbons (Fsp3) is 0.115. The highest BCUT2D eigenvalue weighted by atomic mass is 16.2. The Balaban J connectivity index is 1.42. The van der Waals surface area contributed by atoms with E-state index >= 15 is 0 Å². The van der Waals surface area contributed by atoms with Crippen molar-refractivity contribution in [2.45, 2.75) is 6.42 Å². The van der Waals surface area contributed by atoms with Gasteiger partial charge in [0.1, 0.15) is 0 Å². The lowest BCUT2D eigenvalue weighted by atomic mass is 9.79. The van der Waals surface area contributed by atoms with E-state index in [2.05, 4.69) is 5.32 Å². The molecule has 3 aromatic rings. The van der Waals surface area contributed by atoms with Crippen molar-refractivity contribution in [1.82, 2.24) is 4.90 Å². The molecule has 0 aromatic heterocycles. The van der Waals surface area contributed by atoms with E-state index in [1.54, 1.807) is 35.2 Å². The predicted molar refractivity (Wildman–Crippen MR) is 119 cm³/mol. The van der Waals surface area contributed by atoms with Crippen molar-refractivity contribution in [1.29, 1.82) is 0 Å². The average Bonchev–Trinajstić information content (AvgIpc) is 2.83. The van der Waals surface area contributed by atoms with Crippen molar-refractivity contribution >= 4 is 28.9 Å². The molecule has 1 aliphatic heterocycles. The summed E-state index contributed by atoms with van der Waals surface area (Å²) in [7, 11) is 0. The van der Waals surface area contributed by atoms with Gasteiger partial charge in [-0.25, -0.2) is 4.79 Å². The van der Waals surface area contributed by atoms with Crippen LogP contribution in [0.25, 0.3) is 5.57 Å². The van der Waals surface area contributed by atoms with Crippen molar-refractivity contribution < 1.29 is 14.4 Å². The molecule has 0 atom stereocenters. The molecule has 1 N–H and O–H groups in total. The third kappa shape index (κ3) is 3.34. The number of carbonyl (C=O) groups excluding carboxylic acids is 3. The Bertz CT molecular complexity index is 1240. The number of nitrogens with one attached hydrogen (secondary N) is 1. The molecule has 2 aliphatic rings. The molecule has 0 fully saturated rings. The van der Waals surface area contributed by atoms with Crippen LogP contribution in [0.1, 0.15) is 43.8 Å². The van der Waals surface area contributed by atoms with E-state index in [1.807, 2.05) is 48.5 Å². The quantitative estimate of drug-likeness (QED) is 0.519. The topological polar surface area (TPSA) is 66.5 Å². The van der Waals surface area contributed by atoms with E-state index in [1.165, 1.54) is 0 Å². The first kappa shape index (κ1) is 19.0. The van der Waals surface area contributed by atoms with Gasteiger partial charge in [0.05, 0.1) is 0 Å². The zero-order chi connectivity index (χ0) is 21.4. The number of nitrogens with zero attached hydrogens (tertiary/aromatic N) is 1. The minimum Gasteiger partial charge on any atom is -0.320 e. The summed E-state index contributed by atoms with van der Waals surface area (Å²) in [6.45, 7) is 0.975. The van der Waals surface area contributed by atoms with Gasteiger partial charge in [-0.15, -0.1) is 0 Å². The van der Waals surface area contributed by atoms with Gasteiger partial charge in [0.2, 0.25) is 0 Å². The summed E-state index contributed by atoms with van der Waals surface area (Å²) >= 11 is 0. The monoisotopic (exact) mass is 408 g/mol. The molecule has 2 amide bonds. The molecule has 5 nitrogen and oxygen atoms in total. The maximum absolute atomic E-state index is 13.2. The van der Waals surface area contributed by atoms with Crippen LogP contribution in [-0.4, -0.2) is 35.6 Å². The van der Waals surface area contributed by atoms with Gasteiger partial charge >= 0.3 is 6.03 Å². The van der Waals surface area contributed by atoms with Crippen LogP contribution >= 0.6 is 0 Å². The van der Waals surface area contributed by atoms with Gasteiger partial charge in [0.25, 0.3) is 0 Å². The van der Waals surface area contributed by atoms with Crippen molar-refractivity contribution in [2.75, 3.05) is 18.4 Å². The molecule has 5 rings (SSSR count). The second-order valence-electron chi connectivity index (χ2n) is 7.65. The molecule has 0 unspecified atom stereocenters. The zero-order valence-electron chi connectivity index (χ0n) is 16.8. The Kier molecular flexibility index (Phi) is 4.71. The minimum absolute atomic E-state index is 0.118. The number of amides is 2. The Hall–Kier alpha value is -3.99. The van der Waals surface area contributed by atoms with Gasteiger partial charge in [-0.05, 0) is 29.7 Å². The second kappa shape index (κ2) is 7.69. The van der Waals surface area contributed by atoms with Crippen LogP contribution in [0.3, 0.4) is 0 Å². The second-order valence-corrected chi connectivity index (χ2v) is 7.65. The fourth-order valence-corrected chi connectivity index (χ4v) is 4.23. The lowest BCUT2D eigenvalue weighted by Crippen LogP contribution is -2.38. The van der Waals surface area contributed by atoms with Crippen LogP contribution in [0.5, 0.6) is 0 Å². The van der Waals surface area contributed by atoms with Crippen LogP contribution in [0.15, 0.2) is 78.9 Å². The molecular weight excluding hydrogens is 388 g/mol. The van der Waals surface area contributed by atoms with Gasteiger partial charge in [-0.1, -0.05) is 66.7 Å². The molecule has 1 aliphatic carbocycles. The first-order valence-corrected chi connectivity index (χ1v) is 10.3. The van der Waals surface area contributed by atoms with Crippen molar-refractivity contribution in [3.63, 3.8) is 0 Å². The molecule has 31 heavy (non-hydrogen) atoms. The summed E-state index contributed by atoms with van der Waals surface area (Å²) < 4.78 is 0. The summed E-state index contributed by atoms with van der Waals surface area (Å²) in [5.74, 6) is -0.238. The third-order valence-corrected chi connectivity index (χ3v) is 5.82. The van der Waals surface area contributed by atoms with Gasteiger partial charge in [0, 0.05) is 41.0 Å². The number of ketones is 2. The fourth-order valence-electron chi connectivity index (χ4n) is 4.23. The molecular formula is C26H20N2O3. The molecule has 0 saturated carbocycles. The van der Waals surface area contributed by atoms with E-state index in [-0.39, 0.29) is 17.6 Å². The Morgan fingerprint density at radius 3 is 2.10 bits per heavy atom. The van der Waals surface area contributed by atoms with E-state index in [0.29, 0.717) is 41.8 Å². The summed E-state index contributed by atoms with van der Waals surface area (Å²) in [4.78, 5) is 40.5. The summed E-state index contributed by atoms with van der Waals surface area (Å²) in [5, 5.41) is 2.90. The van der Waals surface area contributed by atoms with E-state index < -0.39 is 0 Å². The Morgan fingerprint density at radius 2 is 1.39 bits per heavy atom. The normalized spacial score (nSPS) is 15.1. The number of para-hydroxylation sites is 1. The number of urea groups is 1. The molecule has 5 heteroatoms. The third-order valence-electron chi connectivity index (χ3n) is 5.82. The molecule has 0 bridgehead atoms. The Labute approximate surface area is 180 Å². The van der Waals surface area contributed by atoms with Crippen LogP contribution in [0.4, 0.5) is 10.5 Å². The molecule has 1 heterocycles. The van der Waals surface area contributed by atoms with Crippen LogP contribution in [-0.2, 0) is 0 Å². The van der Waals surface area contributed by atoms with E-state index in [9.17, 15) is 14.4 Å². The van der Waals surface area contributed by atoms with Crippen LogP contribution < -0.4 is 5.32 Å². The molecule has 0 saturated heterocycles. The van der Waals surface area contributed by atoms with E-state index in [0.717, 1.165) is 16.8 Å². The Morgan fingerprint density at radius 1 is 0.742 bits per heavy atom. The standard InChI is InChI=1S/C26H20N2O3/c29-24-20-9-4-5-10-21(20)25(30)23-19(11-6-12-22(23)24)17-13-15-28(16-14-17)26(31)27-18-7-2-1-3-8-18/h1-13H,14-16H2,(H,27,31). The average molecular weight is 408 g/mol. The number of anilines is 1. The highest BCUT2D eigenvalue weighted by Gasteiger charge is 2.32. The van der Waals surface area contributed by atoms with E-state index in [4.69, 9.17) is 0 Å². The lowest BCUT2D eigenvalue weighted by molar-refractivity contribution is 0.0979. The number of hydrogen-bond donors (Lipinski definition) is 1. The number of fused-ring (bicyclic) bond motifs is 2. The van der Waals surface area contributed by atoms with Crippen LogP contribution in [0, 0.1) is 0 Å². The lowest BCUT2D eigenvalue weighted by Gasteiger charge is -2.28. The number of benzene rings is 3. The summed E-state index contributed by atoms with van der Waals surface area (Å²) in [5.41, 5.74) is 4.36.